The van der Waals surface area contributed by atoms with Gasteiger partial charge in [0.05, 0.1) is 6.54 Å². The van der Waals surface area contributed by atoms with E-state index in [1.54, 1.807) is 0 Å². The molecule has 0 fully saturated rings. The Bertz CT molecular complexity index is 1590. The number of benzene rings is 2. The Labute approximate surface area is 224 Å². The average molecular weight is 592 g/mol. The van der Waals surface area contributed by atoms with Crippen LogP contribution < -0.4 is 16.2 Å². The highest BCUT2D eigenvalue weighted by molar-refractivity contribution is 6.30. The fraction of sp³-hybridized carbons (Fsp3) is 0.227. The molecule has 0 bridgehead atoms. The zero-order valence-electron chi connectivity index (χ0n) is 19.7. The van der Waals surface area contributed by atoms with Crippen LogP contribution in [-0.4, -0.2) is 58.8 Å². The molecule has 0 saturated heterocycles. The van der Waals surface area contributed by atoms with Crippen molar-refractivity contribution in [3.8, 4) is 22.8 Å². The van der Waals surface area contributed by atoms with Crippen molar-refractivity contribution in [2.45, 2.75) is 31.7 Å². The summed E-state index contributed by atoms with van der Waals surface area (Å²) in [4.78, 5) is 28.9. The largest absolute Gasteiger partial charge is 0.573 e. The molecule has 40 heavy (non-hydrogen) atoms. The number of hydrogen-bond acceptors (Lipinski definition) is 7. The number of nitrogens with zero attached hydrogens (tertiary/aromatic N) is 6. The van der Waals surface area contributed by atoms with Crippen LogP contribution in [0, 0.1) is 0 Å². The molecule has 3 N–H and O–H groups in total. The zero-order chi connectivity index (χ0) is 29.4. The van der Waals surface area contributed by atoms with Crippen LogP contribution in [0.4, 0.5) is 26.3 Å². The molecule has 1 atom stereocenters. The number of carbonyl (C=O) groups is 1. The number of halogens is 7. The Morgan fingerprint density at radius 2 is 1.70 bits per heavy atom. The molecule has 1 amide bonds. The van der Waals surface area contributed by atoms with E-state index in [4.69, 9.17) is 17.3 Å². The maximum absolute atomic E-state index is 13.1. The van der Waals surface area contributed by atoms with Gasteiger partial charge in [0.15, 0.2) is 23.5 Å². The second kappa shape index (κ2) is 10.6. The number of carbonyl (C=O) groups excluding carboxylic acids is 1. The maximum atomic E-state index is 13.1. The van der Waals surface area contributed by atoms with Crippen LogP contribution in [0.15, 0.2) is 53.3 Å². The molecule has 11 nitrogen and oxygen atoms in total. The fourth-order valence-electron chi connectivity index (χ4n) is 3.52. The van der Waals surface area contributed by atoms with E-state index < -0.39 is 54.9 Å². The predicted molar refractivity (Wildman–Crippen MR) is 125 cm³/mol. The summed E-state index contributed by atoms with van der Waals surface area (Å²) in [6.07, 6.45) is -13.1. The Hall–Kier alpha value is -4.38. The number of aliphatic hydroxyl groups is 1. The Kier molecular flexibility index (Phi) is 7.62. The SMILES string of the molecule is NC(=O)c1nc(Cn2nc(-c3ccc(Cl)cc3)n(C[C@@H](O)C(F)(F)F)c2=O)nn1-c1ccccc1OC(F)(F)F. The van der Waals surface area contributed by atoms with Gasteiger partial charge in [0.2, 0.25) is 5.82 Å². The standard InChI is InChI=1S/C22H16ClF6N7O4/c23-12-7-5-11(6-8-12)18-33-35(20(39)34(18)9-15(37)21(24,25)26)10-16-31-19(17(30)38)36(32-16)13-3-1-2-4-14(13)40-22(27,28)29/h1-8,15,37H,9-10H2,(H2,30,38)/t15-/m1/s1. The monoisotopic (exact) mass is 591 g/mol. The Balaban J connectivity index is 1.78. The minimum absolute atomic E-state index is 0.171. The van der Waals surface area contributed by atoms with Gasteiger partial charge in [-0.3, -0.25) is 9.36 Å². The summed E-state index contributed by atoms with van der Waals surface area (Å²) < 4.78 is 83.7. The number of aromatic nitrogens is 6. The van der Waals surface area contributed by atoms with E-state index in [2.05, 4.69) is 19.9 Å². The molecule has 0 aliphatic rings. The van der Waals surface area contributed by atoms with Crippen LogP contribution in [-0.2, 0) is 13.1 Å². The van der Waals surface area contributed by atoms with E-state index in [-0.39, 0.29) is 27.9 Å². The van der Waals surface area contributed by atoms with Crippen molar-refractivity contribution in [2.24, 2.45) is 5.73 Å². The number of alkyl halides is 6. The number of rotatable bonds is 8. The first-order valence-corrected chi connectivity index (χ1v) is 11.3. The van der Waals surface area contributed by atoms with E-state index in [0.717, 1.165) is 12.1 Å². The molecule has 2 aromatic heterocycles. The average Bonchev–Trinajstić information content (AvgIpc) is 3.40. The highest BCUT2D eigenvalue weighted by Gasteiger charge is 2.39. The lowest BCUT2D eigenvalue weighted by molar-refractivity contribution is -0.274. The van der Waals surface area contributed by atoms with E-state index in [9.17, 15) is 41.0 Å². The molecule has 0 unspecified atom stereocenters. The van der Waals surface area contributed by atoms with Crippen molar-refractivity contribution in [3.63, 3.8) is 0 Å². The van der Waals surface area contributed by atoms with Crippen molar-refractivity contribution in [1.82, 2.24) is 29.1 Å². The van der Waals surface area contributed by atoms with Gasteiger partial charge in [0.25, 0.3) is 5.91 Å². The molecular weight excluding hydrogens is 576 g/mol. The zero-order valence-corrected chi connectivity index (χ0v) is 20.4. The van der Waals surface area contributed by atoms with E-state index in [0.29, 0.717) is 13.9 Å². The third kappa shape index (κ3) is 6.26. The summed E-state index contributed by atoms with van der Waals surface area (Å²) in [5.74, 6) is -3.22. The van der Waals surface area contributed by atoms with Crippen LogP contribution in [0.3, 0.4) is 0 Å². The topological polar surface area (TPSA) is 143 Å². The molecular formula is C22H16ClF6N7O4. The molecule has 212 valence electrons. The van der Waals surface area contributed by atoms with Crippen molar-refractivity contribution in [2.75, 3.05) is 0 Å². The molecule has 4 aromatic rings. The normalized spacial score (nSPS) is 12.9. The highest BCUT2D eigenvalue weighted by Crippen LogP contribution is 2.29. The molecule has 2 aromatic carbocycles. The van der Waals surface area contributed by atoms with Gasteiger partial charge in [-0.05, 0) is 36.4 Å². The summed E-state index contributed by atoms with van der Waals surface area (Å²) in [6, 6.07) is 10.2. The van der Waals surface area contributed by atoms with Crippen LogP contribution in [0.2, 0.25) is 5.02 Å². The fourth-order valence-corrected chi connectivity index (χ4v) is 3.65. The summed E-state index contributed by atoms with van der Waals surface area (Å²) in [5, 5.41) is 17.9. The quantitative estimate of drug-likeness (QED) is 0.300. The van der Waals surface area contributed by atoms with Crippen molar-refractivity contribution < 1.29 is 41.0 Å². The maximum Gasteiger partial charge on any atom is 0.573 e. The number of aliphatic hydroxyl groups excluding tert-OH is 1. The number of nitrogens with two attached hydrogens (primary N) is 1. The number of hydrogen-bond donors (Lipinski definition) is 2. The lowest BCUT2D eigenvalue weighted by Crippen LogP contribution is -2.37. The summed E-state index contributed by atoms with van der Waals surface area (Å²) in [6.45, 7) is -1.86. The van der Waals surface area contributed by atoms with Gasteiger partial charge in [0, 0.05) is 10.6 Å². The smallest absolute Gasteiger partial charge is 0.403 e. The molecule has 0 aliphatic heterocycles. The lowest BCUT2D eigenvalue weighted by Gasteiger charge is -2.15. The van der Waals surface area contributed by atoms with Gasteiger partial charge in [-0.2, -0.15) is 13.2 Å². The van der Waals surface area contributed by atoms with Gasteiger partial charge >= 0.3 is 18.2 Å². The Morgan fingerprint density at radius 1 is 1.05 bits per heavy atom. The number of amides is 1. The third-order valence-electron chi connectivity index (χ3n) is 5.24. The minimum Gasteiger partial charge on any atom is -0.403 e. The lowest BCUT2D eigenvalue weighted by atomic mass is 10.2. The van der Waals surface area contributed by atoms with E-state index in [1.165, 1.54) is 36.4 Å². The number of primary amides is 1. The van der Waals surface area contributed by atoms with Crippen molar-refractivity contribution in [1.29, 1.82) is 0 Å². The van der Waals surface area contributed by atoms with Gasteiger partial charge in [0.1, 0.15) is 12.2 Å². The van der Waals surface area contributed by atoms with Gasteiger partial charge in [-0.1, -0.05) is 23.7 Å². The van der Waals surface area contributed by atoms with Crippen LogP contribution in [0.25, 0.3) is 17.1 Å². The first-order valence-electron chi connectivity index (χ1n) is 10.9. The predicted octanol–water partition coefficient (Wildman–Crippen LogP) is 2.91. The van der Waals surface area contributed by atoms with Crippen LogP contribution in [0.5, 0.6) is 5.75 Å². The van der Waals surface area contributed by atoms with Gasteiger partial charge in [-0.15, -0.1) is 23.4 Å². The molecule has 0 spiro atoms. The first kappa shape index (κ1) is 28.6. The van der Waals surface area contributed by atoms with Crippen LogP contribution >= 0.6 is 11.6 Å². The van der Waals surface area contributed by atoms with Gasteiger partial charge < -0.3 is 15.6 Å². The molecule has 0 aliphatic carbocycles. The Morgan fingerprint density at radius 3 is 2.30 bits per heavy atom. The van der Waals surface area contributed by atoms with E-state index in [1.807, 2.05) is 0 Å². The minimum atomic E-state index is -5.09. The van der Waals surface area contributed by atoms with Crippen molar-refractivity contribution >= 4 is 17.5 Å². The summed E-state index contributed by atoms with van der Waals surface area (Å²) >= 11 is 5.86. The highest BCUT2D eigenvalue weighted by atomic mass is 35.5. The molecule has 0 saturated carbocycles. The second-order valence-corrected chi connectivity index (χ2v) is 8.52. The molecule has 0 radical (unpaired) electrons. The summed E-state index contributed by atoms with van der Waals surface area (Å²) in [5.41, 5.74) is 4.00. The second-order valence-electron chi connectivity index (χ2n) is 8.08. The van der Waals surface area contributed by atoms with Crippen LogP contribution in [0.1, 0.15) is 16.4 Å². The summed E-state index contributed by atoms with van der Waals surface area (Å²) in [7, 11) is 0. The van der Waals surface area contributed by atoms with Crippen molar-refractivity contribution in [3.05, 3.63) is 75.7 Å². The number of para-hydroxylation sites is 2. The molecule has 18 heteroatoms. The number of ether oxygens (including phenoxy) is 1. The van der Waals surface area contributed by atoms with E-state index >= 15 is 0 Å². The van der Waals surface area contributed by atoms with Gasteiger partial charge in [-0.25, -0.2) is 19.1 Å². The first-order chi connectivity index (χ1) is 18.6. The molecule has 4 rings (SSSR count). The third-order valence-corrected chi connectivity index (χ3v) is 5.49. The molecule has 2 heterocycles.